The zero-order valence-corrected chi connectivity index (χ0v) is 26.7. The third kappa shape index (κ3) is 6.25. The summed E-state index contributed by atoms with van der Waals surface area (Å²) >= 11 is 13.0. The van der Waals surface area contributed by atoms with Gasteiger partial charge in [-0.15, -0.1) is 0 Å². The topological polar surface area (TPSA) is 128 Å². The molecule has 2 saturated heterocycles. The molecule has 10 nitrogen and oxygen atoms in total. The lowest BCUT2D eigenvalue weighted by atomic mass is 10.0. The summed E-state index contributed by atoms with van der Waals surface area (Å²) in [5.41, 5.74) is 2.88. The molecule has 2 bridgehead atoms. The van der Waals surface area contributed by atoms with Gasteiger partial charge in [0.1, 0.15) is 11.5 Å². The third-order valence-electron chi connectivity index (χ3n) is 9.26. The van der Waals surface area contributed by atoms with E-state index in [0.717, 1.165) is 24.2 Å². The number of sulfonamides is 1. The second-order valence-electron chi connectivity index (χ2n) is 12.3. The number of nitrogens with one attached hydrogen (secondary N) is 1. The molecule has 4 fully saturated rings. The van der Waals surface area contributed by atoms with Crippen molar-refractivity contribution in [2.24, 2.45) is 11.8 Å². The van der Waals surface area contributed by atoms with Gasteiger partial charge in [-0.2, -0.15) is 0 Å². The van der Waals surface area contributed by atoms with E-state index < -0.39 is 15.9 Å². The van der Waals surface area contributed by atoms with E-state index in [4.69, 9.17) is 37.2 Å². The highest BCUT2D eigenvalue weighted by atomic mass is 35.5. The number of anilines is 1. The average Bonchev–Trinajstić information content (AvgIpc) is 3.52. The SMILES string of the molecule is O=C(NS(=O)(=O)CC1CCOCC1)c1ccc(N2C(=O)[C@@H]3C[C@H]2C[C@H]3OCc2c(-c3c(Cl)cccc3Cl)noc2C2CC2)cc1. The van der Waals surface area contributed by atoms with Crippen molar-refractivity contribution in [2.45, 2.75) is 63.2 Å². The molecule has 7 rings (SSSR count). The van der Waals surface area contributed by atoms with Gasteiger partial charge >= 0.3 is 0 Å². The number of rotatable bonds is 10. The van der Waals surface area contributed by atoms with E-state index in [1.165, 1.54) is 0 Å². The number of carbonyl (C=O) groups excluding carboxylic acids is 2. The first-order valence-electron chi connectivity index (χ1n) is 15.3. The molecule has 0 spiro atoms. The molecule has 1 aromatic heterocycles. The summed E-state index contributed by atoms with van der Waals surface area (Å²) in [6, 6.07) is 11.7. The molecule has 3 aromatic rings. The van der Waals surface area contributed by atoms with Crippen molar-refractivity contribution in [2.75, 3.05) is 23.9 Å². The number of benzene rings is 2. The Bertz CT molecular complexity index is 1700. The Hall–Kier alpha value is -2.96. The highest BCUT2D eigenvalue weighted by Crippen LogP contribution is 2.47. The molecular weight excluding hydrogens is 641 g/mol. The zero-order chi connectivity index (χ0) is 31.3. The van der Waals surface area contributed by atoms with Gasteiger partial charge in [-0.1, -0.05) is 34.4 Å². The van der Waals surface area contributed by atoms with E-state index in [-0.39, 0.29) is 47.8 Å². The molecule has 3 heterocycles. The summed E-state index contributed by atoms with van der Waals surface area (Å²) < 4.78 is 44.8. The molecule has 2 aliphatic carbocycles. The Morgan fingerprint density at radius 1 is 1.02 bits per heavy atom. The molecule has 0 radical (unpaired) electrons. The Morgan fingerprint density at radius 2 is 1.73 bits per heavy atom. The van der Waals surface area contributed by atoms with Crippen molar-refractivity contribution in [3.63, 3.8) is 0 Å². The lowest BCUT2D eigenvalue weighted by molar-refractivity contribution is -0.126. The molecule has 0 unspecified atom stereocenters. The molecule has 2 aliphatic heterocycles. The fourth-order valence-corrected chi connectivity index (χ4v) is 8.82. The maximum absolute atomic E-state index is 13.5. The van der Waals surface area contributed by atoms with Gasteiger partial charge in [0.15, 0.2) is 0 Å². The van der Waals surface area contributed by atoms with Crippen molar-refractivity contribution in [3.05, 3.63) is 69.4 Å². The minimum Gasteiger partial charge on any atom is -0.381 e. The molecule has 13 heteroatoms. The first-order chi connectivity index (χ1) is 21.7. The Morgan fingerprint density at radius 3 is 2.40 bits per heavy atom. The number of hydrogen-bond donors (Lipinski definition) is 1. The minimum atomic E-state index is -3.78. The van der Waals surface area contributed by atoms with Gasteiger partial charge in [0, 0.05) is 47.6 Å². The van der Waals surface area contributed by atoms with Crippen LogP contribution in [-0.2, 0) is 30.9 Å². The molecule has 2 amide bonds. The molecular formula is C32H33Cl2N3O7S. The van der Waals surface area contributed by atoms with Crippen molar-refractivity contribution < 1.29 is 32.0 Å². The first kappa shape index (κ1) is 30.7. The highest BCUT2D eigenvalue weighted by molar-refractivity contribution is 7.90. The average molecular weight is 675 g/mol. The largest absolute Gasteiger partial charge is 0.381 e. The number of nitrogens with zero attached hydrogens (tertiary/aromatic N) is 2. The monoisotopic (exact) mass is 673 g/mol. The minimum absolute atomic E-state index is 0.0321. The van der Waals surface area contributed by atoms with Crippen LogP contribution in [0, 0.1) is 11.8 Å². The van der Waals surface area contributed by atoms with E-state index in [1.54, 1.807) is 47.4 Å². The summed E-state index contributed by atoms with van der Waals surface area (Å²) in [7, 11) is -3.78. The summed E-state index contributed by atoms with van der Waals surface area (Å²) in [6.07, 6.45) is 4.41. The van der Waals surface area contributed by atoms with E-state index in [0.29, 0.717) is 71.8 Å². The number of ether oxygens (including phenoxy) is 2. The fourth-order valence-electron chi connectivity index (χ4n) is 6.80. The number of piperidine rings is 1. The number of fused-ring (bicyclic) bond motifs is 2. The normalized spacial score (nSPS) is 23.6. The van der Waals surface area contributed by atoms with Crippen LogP contribution in [0.25, 0.3) is 11.3 Å². The summed E-state index contributed by atoms with van der Waals surface area (Å²) in [4.78, 5) is 28.0. The number of carbonyl (C=O) groups is 2. The fraction of sp³-hybridized carbons (Fsp3) is 0.469. The Kier molecular flexibility index (Phi) is 8.41. The van der Waals surface area contributed by atoms with Gasteiger partial charge in [0.05, 0.1) is 34.4 Å². The van der Waals surface area contributed by atoms with E-state index in [1.807, 2.05) is 0 Å². The molecule has 45 heavy (non-hydrogen) atoms. The first-order valence-corrected chi connectivity index (χ1v) is 17.7. The molecule has 3 atom stereocenters. The van der Waals surface area contributed by atoms with Crippen LogP contribution in [0.15, 0.2) is 47.0 Å². The van der Waals surface area contributed by atoms with Crippen LogP contribution < -0.4 is 9.62 Å². The quantitative estimate of drug-likeness (QED) is 0.289. The number of amides is 2. The molecule has 238 valence electrons. The predicted octanol–water partition coefficient (Wildman–Crippen LogP) is 5.72. The summed E-state index contributed by atoms with van der Waals surface area (Å²) in [6.45, 7) is 1.29. The van der Waals surface area contributed by atoms with Crippen LogP contribution in [0.1, 0.15) is 66.1 Å². The lowest BCUT2D eigenvalue weighted by Crippen LogP contribution is -2.43. The highest BCUT2D eigenvalue weighted by Gasteiger charge is 2.52. The summed E-state index contributed by atoms with van der Waals surface area (Å²) in [5.74, 6) is -0.0796. The van der Waals surface area contributed by atoms with Crippen molar-refractivity contribution in [1.29, 1.82) is 0 Å². The predicted molar refractivity (Wildman–Crippen MR) is 168 cm³/mol. The lowest BCUT2D eigenvalue weighted by Gasteiger charge is -2.31. The summed E-state index contributed by atoms with van der Waals surface area (Å²) in [5, 5.41) is 5.28. The van der Waals surface area contributed by atoms with Crippen LogP contribution >= 0.6 is 23.2 Å². The van der Waals surface area contributed by atoms with Crippen LogP contribution in [-0.4, -0.2) is 56.5 Å². The van der Waals surface area contributed by atoms with E-state index >= 15 is 0 Å². The molecule has 2 saturated carbocycles. The van der Waals surface area contributed by atoms with Crippen LogP contribution in [0.4, 0.5) is 5.69 Å². The van der Waals surface area contributed by atoms with E-state index in [9.17, 15) is 18.0 Å². The molecule has 2 aromatic carbocycles. The second-order valence-corrected chi connectivity index (χ2v) is 14.9. The number of halogens is 2. The maximum atomic E-state index is 13.5. The van der Waals surface area contributed by atoms with Crippen LogP contribution in [0.5, 0.6) is 0 Å². The van der Waals surface area contributed by atoms with Crippen LogP contribution in [0.2, 0.25) is 10.0 Å². The third-order valence-corrected chi connectivity index (χ3v) is 11.3. The van der Waals surface area contributed by atoms with Gasteiger partial charge < -0.3 is 18.9 Å². The van der Waals surface area contributed by atoms with Crippen molar-refractivity contribution in [1.82, 2.24) is 9.88 Å². The smallest absolute Gasteiger partial charge is 0.264 e. The molecule has 4 aliphatic rings. The van der Waals surface area contributed by atoms with Gasteiger partial charge in [-0.25, -0.2) is 13.1 Å². The van der Waals surface area contributed by atoms with Gasteiger partial charge in [-0.3, -0.25) is 9.59 Å². The Balaban J connectivity index is 0.995. The number of aromatic nitrogens is 1. The van der Waals surface area contributed by atoms with Crippen LogP contribution in [0.3, 0.4) is 0 Å². The molecule has 1 N–H and O–H groups in total. The second kappa shape index (κ2) is 12.3. The van der Waals surface area contributed by atoms with Gasteiger partial charge in [0.25, 0.3) is 5.91 Å². The van der Waals surface area contributed by atoms with Crippen molar-refractivity contribution >= 4 is 50.7 Å². The van der Waals surface area contributed by atoms with E-state index in [2.05, 4.69) is 9.88 Å². The maximum Gasteiger partial charge on any atom is 0.264 e. The van der Waals surface area contributed by atoms with Gasteiger partial charge in [-0.05, 0) is 80.8 Å². The zero-order valence-electron chi connectivity index (χ0n) is 24.4. The van der Waals surface area contributed by atoms with Gasteiger partial charge in [0.2, 0.25) is 15.9 Å². The number of hydrogen-bond acceptors (Lipinski definition) is 8. The Labute approximate surface area is 271 Å². The van der Waals surface area contributed by atoms with Crippen molar-refractivity contribution in [3.8, 4) is 11.3 Å². The standard InChI is InChI=1S/C32H33Cl2N3O7S/c33-25-2-1-3-26(34)28(25)29-24(30(44-35-29)19-4-5-19)16-43-27-15-22-14-23(27)32(39)37(22)21-8-6-20(7-9-21)31(38)36-45(40,41)17-18-10-12-42-13-11-18/h1-3,6-9,18-19,22-23,27H,4-5,10-17H2,(H,36,38)/t22-,23+,27+/m0/s1.